The second-order valence-corrected chi connectivity index (χ2v) is 15.3. The van der Waals surface area contributed by atoms with Crippen LogP contribution in [0.15, 0.2) is 11.6 Å². The molecule has 1 saturated carbocycles. The maximum atomic E-state index is 12.1. The average molecular weight is 365 g/mol. The topological polar surface area (TPSA) is 26.3 Å². The van der Waals surface area contributed by atoms with Crippen LogP contribution in [0.2, 0.25) is 18.1 Å². The fraction of sp³-hybridized carbons (Fsp3) is 0.864. The molecule has 0 spiro atoms. The molecular formula is C22H40O2Si. The van der Waals surface area contributed by atoms with Gasteiger partial charge in [-0.05, 0) is 67.5 Å². The second kappa shape index (κ2) is 7.68. The minimum Gasteiger partial charge on any atom is -0.417 e. The number of fused-ring (bicyclic) bond motifs is 1. The van der Waals surface area contributed by atoms with Crippen molar-refractivity contribution in [2.75, 3.05) is 6.61 Å². The predicted molar refractivity (Wildman–Crippen MR) is 109 cm³/mol. The molecule has 144 valence electrons. The zero-order chi connectivity index (χ0) is 19.0. The monoisotopic (exact) mass is 364 g/mol. The smallest absolute Gasteiger partial charge is 0.191 e. The Labute approximate surface area is 156 Å². The maximum absolute atomic E-state index is 12.1. The van der Waals surface area contributed by atoms with Crippen molar-refractivity contribution >= 4 is 14.1 Å². The van der Waals surface area contributed by atoms with Crippen LogP contribution in [0.5, 0.6) is 0 Å². The van der Waals surface area contributed by atoms with Crippen LogP contribution >= 0.6 is 0 Å². The van der Waals surface area contributed by atoms with E-state index in [-0.39, 0.29) is 5.04 Å². The molecule has 3 heteroatoms. The highest BCUT2D eigenvalue weighted by molar-refractivity contribution is 6.74. The summed E-state index contributed by atoms with van der Waals surface area (Å²) in [6.45, 7) is 19.5. The molecule has 0 heterocycles. The highest BCUT2D eigenvalue weighted by Crippen LogP contribution is 2.47. The van der Waals surface area contributed by atoms with E-state index in [9.17, 15) is 4.79 Å². The Morgan fingerprint density at radius 3 is 2.44 bits per heavy atom. The van der Waals surface area contributed by atoms with Crippen molar-refractivity contribution in [2.24, 2.45) is 29.6 Å². The third kappa shape index (κ3) is 4.85. The first-order valence-electron chi connectivity index (χ1n) is 10.3. The van der Waals surface area contributed by atoms with Gasteiger partial charge in [-0.25, -0.2) is 0 Å². The molecule has 0 amide bonds. The highest BCUT2D eigenvalue weighted by atomic mass is 28.4. The van der Waals surface area contributed by atoms with Crippen LogP contribution in [0, 0.1) is 29.6 Å². The van der Waals surface area contributed by atoms with Gasteiger partial charge in [0.05, 0.1) is 0 Å². The van der Waals surface area contributed by atoms with Gasteiger partial charge in [-0.15, -0.1) is 0 Å². The lowest BCUT2D eigenvalue weighted by atomic mass is 9.61. The summed E-state index contributed by atoms with van der Waals surface area (Å²) < 4.78 is 6.65. The number of hydrogen-bond acceptors (Lipinski definition) is 2. The summed E-state index contributed by atoms with van der Waals surface area (Å²) in [5.41, 5.74) is 1.53. The largest absolute Gasteiger partial charge is 0.417 e. The van der Waals surface area contributed by atoms with Gasteiger partial charge in [0, 0.05) is 19.4 Å². The van der Waals surface area contributed by atoms with E-state index in [2.05, 4.69) is 60.7 Å². The molecule has 25 heavy (non-hydrogen) atoms. The van der Waals surface area contributed by atoms with Crippen molar-refractivity contribution in [3.8, 4) is 0 Å². The lowest BCUT2D eigenvalue weighted by molar-refractivity contribution is -0.123. The van der Waals surface area contributed by atoms with Gasteiger partial charge in [-0.3, -0.25) is 4.79 Å². The van der Waals surface area contributed by atoms with Crippen LogP contribution < -0.4 is 0 Å². The molecule has 1 fully saturated rings. The molecule has 0 saturated heterocycles. The van der Waals surface area contributed by atoms with E-state index >= 15 is 0 Å². The van der Waals surface area contributed by atoms with E-state index in [1.807, 2.05) is 0 Å². The molecule has 2 aliphatic rings. The Bertz CT molecular complexity index is 513. The zero-order valence-corrected chi connectivity index (χ0v) is 18.8. The number of Topliss-reactive ketones (excluding diaryl/α,β-unsaturated/α-hetero) is 1. The van der Waals surface area contributed by atoms with Crippen LogP contribution in [0.1, 0.15) is 67.2 Å². The van der Waals surface area contributed by atoms with Gasteiger partial charge in [0.25, 0.3) is 0 Å². The van der Waals surface area contributed by atoms with Gasteiger partial charge in [0.1, 0.15) is 5.78 Å². The van der Waals surface area contributed by atoms with Crippen molar-refractivity contribution in [1.82, 2.24) is 0 Å². The van der Waals surface area contributed by atoms with E-state index in [4.69, 9.17) is 4.43 Å². The summed E-state index contributed by atoms with van der Waals surface area (Å²) in [6.07, 6.45) is 6.26. The fourth-order valence-electron chi connectivity index (χ4n) is 4.49. The van der Waals surface area contributed by atoms with Crippen LogP contribution in [-0.4, -0.2) is 20.7 Å². The molecule has 0 aromatic carbocycles. The highest BCUT2D eigenvalue weighted by Gasteiger charge is 2.43. The van der Waals surface area contributed by atoms with Crippen molar-refractivity contribution in [3.05, 3.63) is 11.6 Å². The molecule has 0 aliphatic heterocycles. The van der Waals surface area contributed by atoms with E-state index < -0.39 is 8.32 Å². The van der Waals surface area contributed by atoms with Crippen LogP contribution in [0.4, 0.5) is 0 Å². The SMILES string of the molecule is CC1=C[C@@H]2CCC(=O)C[C@@H]2[C@H]([C@H](CO[Si](C)(C)C(C)(C)C)C(C)C)C1. The van der Waals surface area contributed by atoms with Crippen LogP contribution in [0.3, 0.4) is 0 Å². The van der Waals surface area contributed by atoms with Gasteiger partial charge in [-0.2, -0.15) is 0 Å². The van der Waals surface area contributed by atoms with Crippen molar-refractivity contribution < 1.29 is 9.22 Å². The van der Waals surface area contributed by atoms with Crippen LogP contribution in [-0.2, 0) is 9.22 Å². The first-order chi connectivity index (χ1) is 11.4. The standard InChI is InChI=1S/C22H40O2Si/c1-15(2)21(14-24-25(7,8)22(4,5)6)20-12-16(3)11-17-9-10-18(23)13-19(17)20/h11,15,17,19-21H,9-10,12-14H2,1-8H3/t17-,19-,20+,21+/m0/s1. The lowest BCUT2D eigenvalue weighted by Crippen LogP contribution is -2.45. The Hall–Kier alpha value is -0.413. The van der Waals surface area contributed by atoms with Crippen molar-refractivity contribution in [3.63, 3.8) is 0 Å². The van der Waals surface area contributed by atoms with Gasteiger partial charge >= 0.3 is 0 Å². The number of allylic oxidation sites excluding steroid dienone is 2. The first-order valence-corrected chi connectivity index (χ1v) is 13.2. The summed E-state index contributed by atoms with van der Waals surface area (Å²) in [4.78, 5) is 12.1. The maximum Gasteiger partial charge on any atom is 0.191 e. The normalized spacial score (nSPS) is 29.4. The fourth-order valence-corrected chi connectivity index (χ4v) is 5.53. The number of hydrogen-bond donors (Lipinski definition) is 0. The molecule has 0 aromatic heterocycles. The number of carbonyl (C=O) groups excluding carboxylic acids is 1. The summed E-state index contributed by atoms with van der Waals surface area (Å²) in [6, 6.07) is 0. The molecule has 0 radical (unpaired) electrons. The van der Waals surface area contributed by atoms with Crippen LogP contribution in [0.25, 0.3) is 0 Å². The molecule has 0 unspecified atom stereocenters. The lowest BCUT2D eigenvalue weighted by Gasteiger charge is -2.45. The molecule has 2 nitrogen and oxygen atoms in total. The number of rotatable bonds is 5. The Balaban J connectivity index is 2.18. The quantitative estimate of drug-likeness (QED) is 0.427. The second-order valence-electron chi connectivity index (χ2n) is 10.5. The molecular weight excluding hydrogens is 324 g/mol. The third-order valence-electron chi connectivity index (χ3n) is 7.23. The summed E-state index contributed by atoms with van der Waals surface area (Å²) in [7, 11) is -1.73. The minimum atomic E-state index is -1.73. The van der Waals surface area contributed by atoms with Gasteiger partial charge < -0.3 is 4.43 Å². The van der Waals surface area contributed by atoms with Crippen molar-refractivity contribution in [2.45, 2.75) is 85.4 Å². The van der Waals surface area contributed by atoms with Crippen molar-refractivity contribution in [1.29, 1.82) is 0 Å². The summed E-state index contributed by atoms with van der Waals surface area (Å²) in [5.74, 6) is 3.39. The Morgan fingerprint density at radius 2 is 1.88 bits per heavy atom. The summed E-state index contributed by atoms with van der Waals surface area (Å²) in [5, 5.41) is 0.250. The van der Waals surface area contributed by atoms with E-state index in [1.165, 1.54) is 5.57 Å². The van der Waals surface area contributed by atoms with E-state index in [0.717, 1.165) is 32.3 Å². The summed E-state index contributed by atoms with van der Waals surface area (Å²) >= 11 is 0. The molecule has 0 aromatic rings. The predicted octanol–water partition coefficient (Wildman–Crippen LogP) is 6.23. The van der Waals surface area contributed by atoms with Gasteiger partial charge in [-0.1, -0.05) is 46.3 Å². The third-order valence-corrected chi connectivity index (χ3v) is 11.7. The Morgan fingerprint density at radius 1 is 1.24 bits per heavy atom. The molecule has 0 N–H and O–H groups in total. The molecule has 2 rings (SSSR count). The molecule has 2 aliphatic carbocycles. The number of carbonyl (C=O) groups is 1. The minimum absolute atomic E-state index is 0.250. The average Bonchev–Trinajstić information content (AvgIpc) is 2.46. The van der Waals surface area contributed by atoms with E-state index in [1.54, 1.807) is 0 Å². The van der Waals surface area contributed by atoms with Gasteiger partial charge in [0.2, 0.25) is 0 Å². The molecule has 4 atom stereocenters. The first kappa shape index (κ1) is 20.9. The zero-order valence-electron chi connectivity index (χ0n) is 17.8. The van der Waals surface area contributed by atoms with Gasteiger partial charge in [0.15, 0.2) is 8.32 Å². The Kier molecular flexibility index (Phi) is 6.42. The molecule has 0 bridgehead atoms. The number of ketones is 1. The van der Waals surface area contributed by atoms with E-state index in [0.29, 0.717) is 35.4 Å².